The fraction of sp³-hybridized carbons (Fsp3) is 0.409. The van der Waals surface area contributed by atoms with Gasteiger partial charge in [0.25, 0.3) is 0 Å². The van der Waals surface area contributed by atoms with Crippen LogP contribution in [0.25, 0.3) is 0 Å². The molecule has 2 heterocycles. The quantitative estimate of drug-likeness (QED) is 0.116. The minimum Gasteiger partial charge on any atom is -0.388 e. The van der Waals surface area contributed by atoms with Crippen molar-refractivity contribution >= 4 is 11.8 Å². The summed E-state index contributed by atoms with van der Waals surface area (Å²) in [4.78, 5) is 25.2. The third-order valence-electron chi connectivity index (χ3n) is 9.73. The Morgan fingerprint density at radius 1 is 0.544 bits per heavy atom. The fourth-order valence-corrected chi connectivity index (χ4v) is 6.99. The summed E-state index contributed by atoms with van der Waals surface area (Å²) < 4.78 is 44.9. The van der Waals surface area contributed by atoms with Gasteiger partial charge in [-0.05, 0) is 22.3 Å². The van der Waals surface area contributed by atoms with E-state index in [4.69, 9.17) is 33.2 Å². The van der Waals surface area contributed by atoms with Crippen molar-refractivity contribution in [2.24, 2.45) is 0 Å². The van der Waals surface area contributed by atoms with Gasteiger partial charge in [0.05, 0.1) is 39.6 Å². The molecule has 0 saturated carbocycles. The number of carbonyl (C=O) groups excluding carboxylic acids is 2. The molecule has 4 N–H and O–H groups in total. The first kappa shape index (κ1) is 42.1. The van der Waals surface area contributed by atoms with Gasteiger partial charge in [-0.1, -0.05) is 121 Å². The lowest BCUT2D eigenvalue weighted by atomic mass is 9.94. The van der Waals surface area contributed by atoms with Gasteiger partial charge in [0.15, 0.2) is 12.6 Å². The normalized spacial score (nSPS) is 27.4. The molecular formula is C44H52N2O11. The van der Waals surface area contributed by atoms with Gasteiger partial charge in [0, 0.05) is 13.8 Å². The smallest absolute Gasteiger partial charge is 0.217 e. The number of hydrogen-bond donors (Lipinski definition) is 4. The van der Waals surface area contributed by atoms with Gasteiger partial charge in [0.2, 0.25) is 11.8 Å². The van der Waals surface area contributed by atoms with Crippen molar-refractivity contribution in [1.29, 1.82) is 0 Å². The predicted octanol–water partition coefficient (Wildman–Crippen LogP) is 3.79. The van der Waals surface area contributed by atoms with Crippen LogP contribution in [0.2, 0.25) is 0 Å². The van der Waals surface area contributed by atoms with E-state index in [1.807, 2.05) is 121 Å². The topological polar surface area (TPSA) is 163 Å². The Labute approximate surface area is 333 Å². The van der Waals surface area contributed by atoms with E-state index in [9.17, 15) is 19.8 Å². The lowest BCUT2D eigenvalue weighted by molar-refractivity contribution is -0.336. The summed E-state index contributed by atoms with van der Waals surface area (Å²) in [5.41, 5.74) is 3.67. The minimum absolute atomic E-state index is 0.0484. The molecule has 0 spiro atoms. The molecule has 0 bridgehead atoms. The van der Waals surface area contributed by atoms with Crippen molar-refractivity contribution in [2.45, 2.75) is 102 Å². The van der Waals surface area contributed by atoms with Crippen LogP contribution in [-0.2, 0) is 69.2 Å². The number of carbonyl (C=O) groups is 2. The van der Waals surface area contributed by atoms with Gasteiger partial charge in [0.1, 0.15) is 48.7 Å². The standard InChI is InChI=1S/C44H52N2O11/c1-29(47)45-37-39(49)40(35(55-43(37)50)27-51-23-31-15-7-3-8-16-31)57-44-38(46-30(2)48)42(54-26-34-21-13-6-14-22-34)41(53-25-33-19-11-5-12-20-33)36(56-44)28-52-24-32-17-9-4-10-18-32/h3-22,35-44,49-50H,23-28H2,1-2H3,(H,45,47)(H,46,48)/t35-,36-,37-,38-,39-,40-,41-,42-,43+,44+/m1/s1. The van der Waals surface area contributed by atoms with Crippen molar-refractivity contribution in [3.63, 3.8) is 0 Å². The Hall–Kier alpha value is -4.54. The molecule has 0 aliphatic carbocycles. The number of aliphatic hydroxyl groups is 2. The van der Waals surface area contributed by atoms with Crippen LogP contribution in [0.4, 0.5) is 0 Å². The van der Waals surface area contributed by atoms with Crippen LogP contribution in [0.1, 0.15) is 36.1 Å². The highest BCUT2D eigenvalue weighted by atomic mass is 16.7. The first-order valence-electron chi connectivity index (χ1n) is 19.2. The molecule has 13 nitrogen and oxygen atoms in total. The average molecular weight is 785 g/mol. The lowest BCUT2D eigenvalue weighted by Crippen LogP contribution is -2.69. The van der Waals surface area contributed by atoms with E-state index in [1.54, 1.807) is 0 Å². The lowest BCUT2D eigenvalue weighted by Gasteiger charge is -2.49. The second-order valence-corrected chi connectivity index (χ2v) is 14.2. The highest BCUT2D eigenvalue weighted by molar-refractivity contribution is 5.73. The van der Waals surface area contributed by atoms with Crippen LogP contribution in [0, 0.1) is 0 Å². The number of aliphatic hydroxyl groups excluding tert-OH is 2. The molecule has 2 aliphatic heterocycles. The van der Waals surface area contributed by atoms with E-state index in [0.717, 1.165) is 22.3 Å². The molecule has 4 aromatic carbocycles. The predicted molar refractivity (Wildman–Crippen MR) is 208 cm³/mol. The second-order valence-electron chi connectivity index (χ2n) is 14.2. The molecule has 10 atom stereocenters. The fourth-order valence-electron chi connectivity index (χ4n) is 6.99. The largest absolute Gasteiger partial charge is 0.388 e. The number of nitrogens with one attached hydrogen (secondary N) is 2. The van der Waals surface area contributed by atoms with Crippen molar-refractivity contribution in [3.05, 3.63) is 144 Å². The molecular weight excluding hydrogens is 732 g/mol. The van der Waals surface area contributed by atoms with E-state index in [0.29, 0.717) is 0 Å². The summed E-state index contributed by atoms with van der Waals surface area (Å²) >= 11 is 0. The van der Waals surface area contributed by atoms with E-state index < -0.39 is 67.2 Å². The van der Waals surface area contributed by atoms with Crippen LogP contribution in [0.3, 0.4) is 0 Å². The van der Waals surface area contributed by atoms with Crippen LogP contribution in [0.5, 0.6) is 0 Å². The van der Waals surface area contributed by atoms with Crippen molar-refractivity contribution in [2.75, 3.05) is 13.2 Å². The molecule has 2 fully saturated rings. The molecule has 304 valence electrons. The zero-order valence-electron chi connectivity index (χ0n) is 32.1. The molecule has 13 heteroatoms. The monoisotopic (exact) mass is 784 g/mol. The first-order valence-corrected chi connectivity index (χ1v) is 19.2. The number of rotatable bonds is 18. The highest BCUT2D eigenvalue weighted by Gasteiger charge is 2.53. The van der Waals surface area contributed by atoms with Crippen LogP contribution < -0.4 is 10.6 Å². The SMILES string of the molecule is CC(=O)N[C@@H]1[C@@H](O)[C@H](O[C@@H]2O[C@H](COCc3ccccc3)[C@@H](OCc3ccccc3)[C@H](OCc3ccccc3)[C@H]2NC(C)=O)[C@@H](COCc2ccccc2)O[C@@H]1O. The number of ether oxygens (including phenoxy) is 7. The third kappa shape index (κ3) is 12.2. The van der Waals surface area contributed by atoms with Gasteiger partial charge in [-0.15, -0.1) is 0 Å². The Kier molecular flexibility index (Phi) is 15.7. The molecule has 2 aliphatic rings. The van der Waals surface area contributed by atoms with Gasteiger partial charge in [-0.25, -0.2) is 0 Å². The molecule has 57 heavy (non-hydrogen) atoms. The first-order chi connectivity index (χ1) is 27.7. The molecule has 6 rings (SSSR count). The highest BCUT2D eigenvalue weighted by Crippen LogP contribution is 2.33. The maximum Gasteiger partial charge on any atom is 0.217 e. The molecule has 0 radical (unpaired) electrons. The van der Waals surface area contributed by atoms with Crippen LogP contribution in [0.15, 0.2) is 121 Å². The summed E-state index contributed by atoms with van der Waals surface area (Å²) in [6, 6.07) is 36.2. The Bertz CT molecular complexity index is 1790. The third-order valence-corrected chi connectivity index (χ3v) is 9.73. The molecule has 2 saturated heterocycles. The molecule has 0 aromatic heterocycles. The zero-order valence-corrected chi connectivity index (χ0v) is 32.1. The summed E-state index contributed by atoms with van der Waals surface area (Å²) in [5.74, 6) is -0.881. The van der Waals surface area contributed by atoms with Crippen molar-refractivity contribution in [3.8, 4) is 0 Å². The zero-order chi connectivity index (χ0) is 40.0. The summed E-state index contributed by atoms with van der Waals surface area (Å²) in [6.07, 6.45) is -9.07. The van der Waals surface area contributed by atoms with Gasteiger partial charge >= 0.3 is 0 Å². The van der Waals surface area contributed by atoms with Gasteiger partial charge in [-0.3, -0.25) is 9.59 Å². The van der Waals surface area contributed by atoms with Crippen LogP contribution >= 0.6 is 0 Å². The molecule has 0 unspecified atom stereocenters. The Balaban J connectivity index is 1.32. The maximum atomic E-state index is 13.0. The van der Waals surface area contributed by atoms with Crippen LogP contribution in [-0.4, -0.2) is 96.5 Å². The average Bonchev–Trinajstić information content (AvgIpc) is 3.21. The Morgan fingerprint density at radius 3 is 1.40 bits per heavy atom. The van der Waals surface area contributed by atoms with E-state index in [2.05, 4.69) is 10.6 Å². The van der Waals surface area contributed by atoms with Crippen molar-refractivity contribution < 1.29 is 53.0 Å². The summed E-state index contributed by atoms with van der Waals surface area (Å²) in [7, 11) is 0. The van der Waals surface area contributed by atoms with E-state index in [1.165, 1.54) is 13.8 Å². The molecule has 4 aromatic rings. The number of hydrogen-bond acceptors (Lipinski definition) is 11. The van der Waals surface area contributed by atoms with Gasteiger partial charge < -0.3 is 54.0 Å². The summed E-state index contributed by atoms with van der Waals surface area (Å²) in [5, 5.41) is 28.3. The van der Waals surface area contributed by atoms with Crippen molar-refractivity contribution in [1.82, 2.24) is 10.6 Å². The number of amides is 2. The second kappa shape index (κ2) is 21.3. The van der Waals surface area contributed by atoms with Gasteiger partial charge in [-0.2, -0.15) is 0 Å². The molecule has 2 amide bonds. The maximum absolute atomic E-state index is 13.0. The van der Waals surface area contributed by atoms with E-state index in [-0.39, 0.29) is 45.5 Å². The minimum atomic E-state index is -1.58. The Morgan fingerprint density at radius 2 is 0.947 bits per heavy atom. The number of benzene rings is 4. The summed E-state index contributed by atoms with van der Waals surface area (Å²) in [6.45, 7) is 3.48. The van der Waals surface area contributed by atoms with E-state index >= 15 is 0 Å².